The number of rotatable bonds is 4. The summed E-state index contributed by atoms with van der Waals surface area (Å²) in [6.45, 7) is -0.107. The highest BCUT2D eigenvalue weighted by molar-refractivity contribution is 7.89. The van der Waals surface area contributed by atoms with E-state index in [0.717, 1.165) is 12.1 Å². The van der Waals surface area contributed by atoms with Crippen molar-refractivity contribution in [3.63, 3.8) is 0 Å². The molecule has 8 heteroatoms. The summed E-state index contributed by atoms with van der Waals surface area (Å²) in [4.78, 5) is 9.88. The number of sulfonamides is 1. The van der Waals surface area contributed by atoms with Gasteiger partial charge in [0, 0.05) is 17.7 Å². The fourth-order valence-corrected chi connectivity index (χ4v) is 2.77. The van der Waals surface area contributed by atoms with Crippen LogP contribution in [-0.4, -0.2) is 19.9 Å². The van der Waals surface area contributed by atoms with Gasteiger partial charge in [-0.3, -0.25) is 10.1 Å². The number of nitrogens with one attached hydrogen (secondary N) is 1. The summed E-state index contributed by atoms with van der Waals surface area (Å²) in [5.41, 5.74) is 0.422. The van der Waals surface area contributed by atoms with E-state index >= 15 is 0 Å². The molecule has 0 aliphatic rings. The number of nitro groups is 1. The second kappa shape index (κ2) is 7.24. The molecular formula is C15H11ClN2O4S. The lowest BCUT2D eigenvalue weighted by Gasteiger charge is -2.03. The van der Waals surface area contributed by atoms with Gasteiger partial charge in [-0.1, -0.05) is 35.6 Å². The Balaban J connectivity index is 2.05. The van der Waals surface area contributed by atoms with E-state index in [9.17, 15) is 18.5 Å². The molecule has 0 unspecified atom stereocenters. The van der Waals surface area contributed by atoms with E-state index in [4.69, 9.17) is 11.6 Å². The van der Waals surface area contributed by atoms with Crippen molar-refractivity contribution in [1.29, 1.82) is 0 Å². The Labute approximate surface area is 138 Å². The third-order valence-corrected chi connectivity index (χ3v) is 4.55. The van der Waals surface area contributed by atoms with Crippen LogP contribution >= 0.6 is 11.6 Å². The van der Waals surface area contributed by atoms with Crippen LogP contribution in [0.25, 0.3) is 0 Å². The molecule has 0 fully saturated rings. The van der Waals surface area contributed by atoms with Crippen molar-refractivity contribution in [2.24, 2.45) is 0 Å². The molecule has 0 aliphatic carbocycles. The Morgan fingerprint density at radius 1 is 1.13 bits per heavy atom. The lowest BCUT2D eigenvalue weighted by molar-refractivity contribution is -0.384. The Kier molecular flexibility index (Phi) is 5.34. The first-order valence-corrected chi connectivity index (χ1v) is 8.24. The minimum absolute atomic E-state index is 0.0670. The number of non-ortho nitro benzene ring substituents is 1. The van der Waals surface area contributed by atoms with E-state index in [2.05, 4.69) is 16.6 Å². The summed E-state index contributed by atoms with van der Waals surface area (Å²) < 4.78 is 26.3. The van der Waals surface area contributed by atoms with E-state index in [0.29, 0.717) is 10.6 Å². The standard InChI is InChI=1S/C15H11ClN2O4S/c16-15-6-2-1-4-12(15)5-3-11-17-23(21,22)14-9-7-13(8-10-14)18(19)20/h1-2,4,6-10,17H,11H2. The van der Waals surface area contributed by atoms with Crippen LogP contribution in [0.5, 0.6) is 0 Å². The normalized spacial score (nSPS) is 10.7. The highest BCUT2D eigenvalue weighted by Crippen LogP contribution is 2.15. The summed E-state index contributed by atoms with van der Waals surface area (Å²) >= 11 is 5.93. The topological polar surface area (TPSA) is 89.3 Å². The molecule has 118 valence electrons. The maximum Gasteiger partial charge on any atom is 0.269 e. The second-order valence-electron chi connectivity index (χ2n) is 4.36. The number of halogens is 1. The highest BCUT2D eigenvalue weighted by atomic mass is 35.5. The minimum atomic E-state index is -3.78. The van der Waals surface area contributed by atoms with Gasteiger partial charge in [0.15, 0.2) is 0 Å². The van der Waals surface area contributed by atoms with Gasteiger partial charge in [0.1, 0.15) is 0 Å². The Morgan fingerprint density at radius 2 is 1.78 bits per heavy atom. The van der Waals surface area contributed by atoms with Crippen molar-refractivity contribution >= 4 is 27.3 Å². The number of benzene rings is 2. The molecule has 0 aliphatic heterocycles. The van der Waals surface area contributed by atoms with E-state index in [1.807, 2.05) is 0 Å². The number of nitro benzene ring substituents is 1. The Morgan fingerprint density at radius 3 is 2.39 bits per heavy atom. The second-order valence-corrected chi connectivity index (χ2v) is 6.53. The molecule has 0 heterocycles. The average Bonchev–Trinajstić information content (AvgIpc) is 2.53. The molecule has 2 rings (SSSR count). The van der Waals surface area contributed by atoms with Crippen molar-refractivity contribution in [2.75, 3.05) is 6.54 Å². The lowest BCUT2D eigenvalue weighted by Crippen LogP contribution is -2.23. The van der Waals surface area contributed by atoms with Crippen LogP contribution in [0.4, 0.5) is 5.69 Å². The predicted molar refractivity (Wildman–Crippen MR) is 86.6 cm³/mol. The number of nitrogens with zero attached hydrogens (tertiary/aromatic N) is 1. The van der Waals surface area contributed by atoms with Crippen molar-refractivity contribution in [3.05, 3.63) is 69.2 Å². The summed E-state index contributed by atoms with van der Waals surface area (Å²) in [5.74, 6) is 5.43. The van der Waals surface area contributed by atoms with Crippen molar-refractivity contribution in [1.82, 2.24) is 4.72 Å². The van der Waals surface area contributed by atoms with E-state index in [1.54, 1.807) is 24.3 Å². The third kappa shape index (κ3) is 4.53. The fraction of sp³-hybridized carbons (Fsp3) is 0.0667. The summed E-state index contributed by atoms with van der Waals surface area (Å²) in [7, 11) is -3.78. The lowest BCUT2D eigenvalue weighted by atomic mass is 10.2. The van der Waals surface area contributed by atoms with E-state index in [1.165, 1.54) is 12.1 Å². The molecule has 2 aromatic carbocycles. The van der Waals surface area contributed by atoms with Crippen LogP contribution in [0.3, 0.4) is 0 Å². The third-order valence-electron chi connectivity index (χ3n) is 2.81. The quantitative estimate of drug-likeness (QED) is 0.521. The predicted octanol–water partition coefficient (Wildman–Crippen LogP) is 2.58. The molecule has 6 nitrogen and oxygen atoms in total. The van der Waals surface area contributed by atoms with Crippen LogP contribution in [0, 0.1) is 22.0 Å². The SMILES string of the molecule is O=[N+]([O-])c1ccc(S(=O)(=O)NCC#Cc2ccccc2Cl)cc1. The molecule has 0 atom stereocenters. The monoisotopic (exact) mass is 350 g/mol. The number of hydrogen-bond acceptors (Lipinski definition) is 4. The maximum absolute atomic E-state index is 12.0. The van der Waals surface area contributed by atoms with E-state index in [-0.39, 0.29) is 17.1 Å². The smallest absolute Gasteiger partial charge is 0.258 e. The van der Waals surface area contributed by atoms with Gasteiger partial charge in [-0.2, -0.15) is 4.72 Å². The zero-order valence-electron chi connectivity index (χ0n) is 11.7. The Hall–Kier alpha value is -2.40. The van der Waals surface area contributed by atoms with Crippen LogP contribution < -0.4 is 4.72 Å². The minimum Gasteiger partial charge on any atom is -0.258 e. The summed E-state index contributed by atoms with van der Waals surface area (Å²) in [6, 6.07) is 11.5. The number of hydrogen-bond donors (Lipinski definition) is 1. The molecule has 0 spiro atoms. The van der Waals surface area contributed by atoms with Crippen LogP contribution in [-0.2, 0) is 10.0 Å². The highest BCUT2D eigenvalue weighted by Gasteiger charge is 2.14. The molecule has 2 aromatic rings. The van der Waals surface area contributed by atoms with Gasteiger partial charge in [0.05, 0.1) is 21.4 Å². The first-order chi connectivity index (χ1) is 10.9. The Bertz CT molecular complexity index is 884. The van der Waals surface area contributed by atoms with E-state index < -0.39 is 14.9 Å². The summed E-state index contributed by atoms with van der Waals surface area (Å²) in [5, 5.41) is 11.0. The zero-order valence-corrected chi connectivity index (χ0v) is 13.3. The van der Waals surface area contributed by atoms with Gasteiger partial charge in [0.25, 0.3) is 5.69 Å². The van der Waals surface area contributed by atoms with Crippen molar-refractivity contribution in [3.8, 4) is 11.8 Å². The molecule has 0 bridgehead atoms. The largest absolute Gasteiger partial charge is 0.269 e. The summed E-state index contributed by atoms with van der Waals surface area (Å²) in [6.07, 6.45) is 0. The van der Waals surface area contributed by atoms with Gasteiger partial charge < -0.3 is 0 Å². The van der Waals surface area contributed by atoms with Gasteiger partial charge in [-0.15, -0.1) is 0 Å². The molecule has 0 radical (unpaired) electrons. The van der Waals surface area contributed by atoms with Gasteiger partial charge in [-0.25, -0.2) is 8.42 Å². The molecule has 0 amide bonds. The van der Waals surface area contributed by atoms with Gasteiger partial charge >= 0.3 is 0 Å². The molecule has 0 aromatic heterocycles. The van der Waals surface area contributed by atoms with Crippen molar-refractivity contribution < 1.29 is 13.3 Å². The fourth-order valence-electron chi connectivity index (χ4n) is 1.66. The molecule has 23 heavy (non-hydrogen) atoms. The van der Waals surface area contributed by atoms with Gasteiger partial charge in [-0.05, 0) is 24.3 Å². The van der Waals surface area contributed by atoms with Gasteiger partial charge in [0.2, 0.25) is 10.0 Å². The average molecular weight is 351 g/mol. The van der Waals surface area contributed by atoms with Crippen LogP contribution in [0.1, 0.15) is 5.56 Å². The van der Waals surface area contributed by atoms with Crippen molar-refractivity contribution in [2.45, 2.75) is 4.90 Å². The molecule has 0 saturated carbocycles. The zero-order chi connectivity index (χ0) is 16.9. The molecule has 1 N–H and O–H groups in total. The van der Waals surface area contributed by atoms with Crippen LogP contribution in [0.2, 0.25) is 5.02 Å². The molecular weight excluding hydrogens is 340 g/mol. The first-order valence-electron chi connectivity index (χ1n) is 6.38. The first kappa shape index (κ1) is 17.0. The maximum atomic E-state index is 12.0. The van der Waals surface area contributed by atoms with Crippen LogP contribution in [0.15, 0.2) is 53.4 Å². The molecule has 0 saturated heterocycles.